The van der Waals surface area contributed by atoms with Gasteiger partial charge in [-0.2, -0.15) is 0 Å². The van der Waals surface area contributed by atoms with Crippen molar-refractivity contribution in [1.82, 2.24) is 5.32 Å². The first kappa shape index (κ1) is 19.3. The van der Waals surface area contributed by atoms with E-state index in [0.29, 0.717) is 10.8 Å². The smallest absolute Gasteiger partial charge is 0.293 e. The van der Waals surface area contributed by atoms with Gasteiger partial charge in [0.2, 0.25) is 0 Å². The molecule has 0 aliphatic carbocycles. The number of halogens is 1. The Labute approximate surface area is 168 Å². The second kappa shape index (κ2) is 8.07. The van der Waals surface area contributed by atoms with Crippen LogP contribution in [0.5, 0.6) is 5.75 Å². The molecular weight excluding hydrogens is 406 g/mol. The summed E-state index contributed by atoms with van der Waals surface area (Å²) in [5, 5.41) is 25.9. The molecule has 28 heavy (non-hydrogen) atoms. The van der Waals surface area contributed by atoms with Gasteiger partial charge in [-0.25, -0.2) is 0 Å². The standard InChI is InChI=1S/C18H12ClN3O5S/c19-11-3-1-10(2-4-11)15-7-8-16(27-15)17(24)21-18(28)20-13-9-12(22(25)26)5-6-14(13)23/h1-9,23H,(H2,20,21,24,28). The third kappa shape index (κ3) is 4.45. The molecule has 0 aliphatic heterocycles. The molecule has 10 heteroatoms. The molecule has 0 aliphatic rings. The molecule has 3 rings (SSSR count). The van der Waals surface area contributed by atoms with Crippen LogP contribution in [0.4, 0.5) is 11.4 Å². The minimum Gasteiger partial charge on any atom is -0.506 e. The first-order chi connectivity index (χ1) is 13.3. The number of phenols is 1. The van der Waals surface area contributed by atoms with Crippen LogP contribution < -0.4 is 10.6 Å². The van der Waals surface area contributed by atoms with E-state index in [1.807, 2.05) is 0 Å². The van der Waals surface area contributed by atoms with E-state index in [4.69, 9.17) is 28.2 Å². The molecule has 0 atom stereocenters. The lowest BCUT2D eigenvalue weighted by Gasteiger charge is -2.10. The highest BCUT2D eigenvalue weighted by molar-refractivity contribution is 7.80. The summed E-state index contributed by atoms with van der Waals surface area (Å²) >= 11 is 10.9. The van der Waals surface area contributed by atoms with E-state index in [9.17, 15) is 20.0 Å². The van der Waals surface area contributed by atoms with E-state index >= 15 is 0 Å². The van der Waals surface area contributed by atoms with E-state index in [2.05, 4.69) is 10.6 Å². The topological polar surface area (TPSA) is 118 Å². The van der Waals surface area contributed by atoms with Crippen LogP contribution in [0.15, 0.2) is 59.0 Å². The van der Waals surface area contributed by atoms with E-state index in [1.165, 1.54) is 6.07 Å². The van der Waals surface area contributed by atoms with Gasteiger partial charge in [-0.05, 0) is 54.7 Å². The SMILES string of the molecule is O=C(NC(=S)Nc1cc([N+](=O)[O-])ccc1O)c1ccc(-c2ccc(Cl)cc2)o1. The zero-order valence-electron chi connectivity index (χ0n) is 14.0. The summed E-state index contributed by atoms with van der Waals surface area (Å²) in [5.41, 5.74) is 0.486. The Morgan fingerprint density at radius 1 is 1.14 bits per heavy atom. The van der Waals surface area contributed by atoms with Crippen molar-refractivity contribution in [2.75, 3.05) is 5.32 Å². The number of nitro groups is 1. The zero-order valence-corrected chi connectivity index (χ0v) is 15.6. The third-order valence-corrected chi connectivity index (χ3v) is 4.08. The van der Waals surface area contributed by atoms with Crippen LogP contribution in [0.2, 0.25) is 5.02 Å². The van der Waals surface area contributed by atoms with Crippen molar-refractivity contribution in [3.8, 4) is 17.1 Å². The maximum Gasteiger partial charge on any atom is 0.293 e. The molecule has 0 unspecified atom stereocenters. The molecule has 0 spiro atoms. The molecule has 3 N–H and O–H groups in total. The van der Waals surface area contributed by atoms with Crippen molar-refractivity contribution >= 4 is 46.2 Å². The Kier molecular flexibility index (Phi) is 5.57. The van der Waals surface area contributed by atoms with Crippen molar-refractivity contribution in [3.63, 3.8) is 0 Å². The summed E-state index contributed by atoms with van der Waals surface area (Å²) in [6.45, 7) is 0. The van der Waals surface area contributed by atoms with Gasteiger partial charge in [-0.3, -0.25) is 20.2 Å². The number of carbonyl (C=O) groups excluding carboxylic acids is 1. The summed E-state index contributed by atoms with van der Waals surface area (Å²) in [7, 11) is 0. The lowest BCUT2D eigenvalue weighted by molar-refractivity contribution is -0.384. The summed E-state index contributed by atoms with van der Waals surface area (Å²) in [6.07, 6.45) is 0. The molecule has 142 valence electrons. The second-order valence-electron chi connectivity index (χ2n) is 5.54. The fourth-order valence-electron chi connectivity index (χ4n) is 2.29. The fraction of sp³-hybridized carbons (Fsp3) is 0. The quantitative estimate of drug-likeness (QED) is 0.250. The largest absolute Gasteiger partial charge is 0.506 e. The number of nitrogens with zero attached hydrogens (tertiary/aromatic N) is 1. The number of anilines is 1. The first-order valence-electron chi connectivity index (χ1n) is 7.79. The van der Waals surface area contributed by atoms with E-state index in [1.54, 1.807) is 30.3 Å². The van der Waals surface area contributed by atoms with E-state index < -0.39 is 10.8 Å². The number of phenolic OH excluding ortho intramolecular Hbond substituents is 1. The van der Waals surface area contributed by atoms with Crippen molar-refractivity contribution in [2.24, 2.45) is 0 Å². The second-order valence-corrected chi connectivity index (χ2v) is 6.38. The number of carbonyl (C=O) groups is 1. The van der Waals surface area contributed by atoms with Crippen molar-refractivity contribution < 1.29 is 19.2 Å². The maximum atomic E-state index is 12.3. The van der Waals surface area contributed by atoms with E-state index in [0.717, 1.165) is 23.8 Å². The van der Waals surface area contributed by atoms with Gasteiger partial charge in [0, 0.05) is 22.7 Å². The predicted molar refractivity (Wildman–Crippen MR) is 108 cm³/mol. The van der Waals surface area contributed by atoms with Gasteiger partial charge in [0.15, 0.2) is 10.9 Å². The van der Waals surface area contributed by atoms with Crippen LogP contribution in [0, 0.1) is 10.1 Å². The molecule has 0 bridgehead atoms. The van der Waals surface area contributed by atoms with Gasteiger partial charge in [0.1, 0.15) is 11.5 Å². The number of benzene rings is 2. The molecule has 1 heterocycles. The number of furan rings is 1. The number of aromatic hydroxyl groups is 1. The molecule has 0 saturated carbocycles. The van der Waals surface area contributed by atoms with Gasteiger partial charge in [0.05, 0.1) is 10.6 Å². The van der Waals surface area contributed by atoms with Gasteiger partial charge in [-0.15, -0.1) is 0 Å². The van der Waals surface area contributed by atoms with Gasteiger partial charge in [-0.1, -0.05) is 11.6 Å². The Hall–Kier alpha value is -3.43. The van der Waals surface area contributed by atoms with Gasteiger partial charge in [0.25, 0.3) is 11.6 Å². The number of hydrogen-bond acceptors (Lipinski definition) is 6. The molecule has 3 aromatic rings. The summed E-state index contributed by atoms with van der Waals surface area (Å²) in [5.74, 6) is -0.401. The lowest BCUT2D eigenvalue weighted by atomic mass is 10.2. The minimum absolute atomic E-state index is 0.0114. The fourth-order valence-corrected chi connectivity index (χ4v) is 2.61. The monoisotopic (exact) mass is 417 g/mol. The van der Waals surface area contributed by atoms with Crippen LogP contribution in [0.1, 0.15) is 10.6 Å². The van der Waals surface area contributed by atoms with Crippen LogP contribution in [0.25, 0.3) is 11.3 Å². The Balaban J connectivity index is 1.68. The predicted octanol–water partition coefficient (Wildman–Crippen LogP) is 4.34. The molecule has 1 amide bonds. The van der Waals surface area contributed by atoms with Crippen LogP contribution in [0.3, 0.4) is 0 Å². The summed E-state index contributed by atoms with van der Waals surface area (Å²) < 4.78 is 5.52. The number of nitro benzene ring substituents is 1. The highest BCUT2D eigenvalue weighted by Gasteiger charge is 2.16. The number of amides is 1. The third-order valence-electron chi connectivity index (χ3n) is 3.62. The van der Waals surface area contributed by atoms with Gasteiger partial charge < -0.3 is 14.8 Å². The summed E-state index contributed by atoms with van der Waals surface area (Å²) in [4.78, 5) is 22.5. The Morgan fingerprint density at radius 3 is 2.54 bits per heavy atom. The van der Waals surface area contributed by atoms with Crippen LogP contribution in [-0.4, -0.2) is 21.0 Å². The molecule has 2 aromatic carbocycles. The average Bonchev–Trinajstić information content (AvgIpc) is 3.14. The normalized spacial score (nSPS) is 10.3. The lowest BCUT2D eigenvalue weighted by Crippen LogP contribution is -2.33. The average molecular weight is 418 g/mol. The number of nitrogens with one attached hydrogen (secondary N) is 2. The molecule has 8 nitrogen and oxygen atoms in total. The molecule has 0 fully saturated rings. The maximum absolute atomic E-state index is 12.3. The number of thiocarbonyl (C=S) groups is 1. The van der Waals surface area contributed by atoms with Crippen molar-refractivity contribution in [2.45, 2.75) is 0 Å². The van der Waals surface area contributed by atoms with Crippen molar-refractivity contribution in [3.05, 3.63) is 75.5 Å². The van der Waals surface area contributed by atoms with Crippen molar-refractivity contribution in [1.29, 1.82) is 0 Å². The van der Waals surface area contributed by atoms with Crippen LogP contribution in [-0.2, 0) is 0 Å². The minimum atomic E-state index is -0.623. The molecule has 1 aromatic heterocycles. The first-order valence-corrected chi connectivity index (χ1v) is 8.57. The molecule has 0 saturated heterocycles. The number of rotatable bonds is 4. The Morgan fingerprint density at radius 2 is 1.86 bits per heavy atom. The van der Waals surface area contributed by atoms with Gasteiger partial charge >= 0.3 is 0 Å². The number of non-ortho nitro benzene ring substituents is 1. The highest BCUT2D eigenvalue weighted by Crippen LogP contribution is 2.28. The van der Waals surface area contributed by atoms with Crippen LogP contribution >= 0.6 is 23.8 Å². The molecule has 0 radical (unpaired) electrons. The molecular formula is C18H12ClN3O5S. The summed E-state index contributed by atoms with van der Waals surface area (Å²) in [6, 6.07) is 13.4. The zero-order chi connectivity index (χ0) is 20.3. The highest BCUT2D eigenvalue weighted by atomic mass is 35.5. The Bertz CT molecular complexity index is 1070. The number of hydrogen-bond donors (Lipinski definition) is 3. The van der Waals surface area contributed by atoms with E-state index in [-0.39, 0.29) is 28.0 Å².